The maximum atomic E-state index is 5.66. The molecule has 9 heavy (non-hydrogen) atoms. The Morgan fingerprint density at radius 2 is 2.11 bits per heavy atom. The zero-order valence-electron chi connectivity index (χ0n) is 6.36. The fourth-order valence-electron chi connectivity index (χ4n) is 0.759. The van der Waals surface area contributed by atoms with Gasteiger partial charge in [-0.3, -0.25) is 0 Å². The summed E-state index contributed by atoms with van der Waals surface area (Å²) in [5, 5.41) is 0. The highest BCUT2D eigenvalue weighted by Crippen LogP contribution is 2.12. The lowest BCUT2D eigenvalue weighted by Crippen LogP contribution is -2.19. The van der Waals surface area contributed by atoms with E-state index >= 15 is 0 Å². The van der Waals surface area contributed by atoms with Crippen molar-refractivity contribution in [2.24, 2.45) is 5.92 Å². The van der Waals surface area contributed by atoms with Crippen molar-refractivity contribution in [1.82, 2.24) is 0 Å². The molecule has 0 aliphatic carbocycles. The smallest absolute Gasteiger partial charge is 0.0582 e. The summed E-state index contributed by atoms with van der Waals surface area (Å²) < 4.78 is 5.11. The summed E-state index contributed by atoms with van der Waals surface area (Å²) in [4.78, 5) is 0. The third-order valence-corrected chi connectivity index (χ3v) is 2.15. The molecule has 0 radical (unpaired) electrons. The van der Waals surface area contributed by atoms with Crippen LogP contribution in [0.25, 0.3) is 0 Å². The topological polar surface area (TPSA) is 9.23 Å². The molecule has 2 heteroatoms. The highest BCUT2D eigenvalue weighted by molar-refractivity contribution is 6.18. The number of hydrogen-bond donors (Lipinski definition) is 0. The normalized spacial score (nSPS) is 17.3. The molecule has 0 N–H and O–H groups in total. The van der Waals surface area contributed by atoms with Gasteiger partial charge < -0.3 is 4.74 Å². The Kier molecular flexibility index (Phi) is 5.21. The van der Waals surface area contributed by atoms with Gasteiger partial charge in [0.25, 0.3) is 0 Å². The Balaban J connectivity index is 3.50. The van der Waals surface area contributed by atoms with E-state index in [1.807, 2.05) is 0 Å². The summed E-state index contributed by atoms with van der Waals surface area (Å²) in [5.41, 5.74) is 0. The van der Waals surface area contributed by atoms with Gasteiger partial charge in [0.1, 0.15) is 0 Å². The summed E-state index contributed by atoms with van der Waals surface area (Å²) in [7, 11) is 1.72. The molecule has 0 rings (SSSR count). The number of halogens is 1. The van der Waals surface area contributed by atoms with Crippen molar-refractivity contribution in [1.29, 1.82) is 0 Å². The Hall–Kier alpha value is 0.250. The predicted molar refractivity (Wildman–Crippen MR) is 41.0 cm³/mol. The van der Waals surface area contributed by atoms with Gasteiger partial charge in [0.2, 0.25) is 0 Å². The molecule has 0 aromatic heterocycles. The lowest BCUT2D eigenvalue weighted by Gasteiger charge is -2.17. The quantitative estimate of drug-likeness (QED) is 0.559. The molecule has 0 saturated carbocycles. The predicted octanol–water partition coefficient (Wildman–Crippen LogP) is 2.29. The third-order valence-electron chi connectivity index (χ3n) is 1.76. The fraction of sp³-hybridized carbons (Fsp3) is 1.00. The minimum Gasteiger partial charge on any atom is -0.381 e. The molecule has 2 unspecified atom stereocenters. The fourth-order valence-corrected chi connectivity index (χ4v) is 1.23. The minimum absolute atomic E-state index is 0.299. The van der Waals surface area contributed by atoms with Gasteiger partial charge >= 0.3 is 0 Å². The Morgan fingerprint density at radius 1 is 1.56 bits per heavy atom. The summed E-state index contributed by atoms with van der Waals surface area (Å²) in [5.74, 6) is 1.21. The first-order chi connectivity index (χ1) is 4.26. The maximum Gasteiger partial charge on any atom is 0.0582 e. The van der Waals surface area contributed by atoms with Crippen molar-refractivity contribution >= 4 is 11.6 Å². The second-order valence-corrected chi connectivity index (χ2v) is 2.57. The lowest BCUT2D eigenvalue weighted by molar-refractivity contribution is 0.0736. The summed E-state index contributed by atoms with van der Waals surface area (Å²) >= 11 is 5.66. The molecule has 0 amide bonds. The molecule has 0 aliphatic heterocycles. The molecule has 0 heterocycles. The first-order valence-corrected chi connectivity index (χ1v) is 3.88. The highest BCUT2D eigenvalue weighted by Gasteiger charge is 2.12. The second kappa shape index (κ2) is 5.07. The van der Waals surface area contributed by atoms with Crippen molar-refractivity contribution in [3.05, 3.63) is 0 Å². The van der Waals surface area contributed by atoms with Gasteiger partial charge in [0, 0.05) is 13.0 Å². The van der Waals surface area contributed by atoms with Crippen LogP contribution in [0.4, 0.5) is 0 Å². The van der Waals surface area contributed by atoms with Crippen LogP contribution in [-0.2, 0) is 4.74 Å². The van der Waals surface area contributed by atoms with Gasteiger partial charge in [-0.2, -0.15) is 0 Å². The standard InChI is InChI=1S/C7H15ClO/c1-4-7(5-8)6(2)9-3/h6-7H,4-5H2,1-3H3. The largest absolute Gasteiger partial charge is 0.381 e. The van der Waals surface area contributed by atoms with Gasteiger partial charge in [0.15, 0.2) is 0 Å². The average Bonchev–Trinajstić information content (AvgIpc) is 1.90. The number of alkyl halides is 1. The molecular weight excluding hydrogens is 136 g/mol. The number of ether oxygens (including phenoxy) is 1. The number of rotatable bonds is 4. The third kappa shape index (κ3) is 3.07. The monoisotopic (exact) mass is 150 g/mol. The first kappa shape index (κ1) is 9.25. The summed E-state index contributed by atoms with van der Waals surface area (Å²) in [6.07, 6.45) is 1.39. The molecule has 0 fully saturated rings. The Morgan fingerprint density at radius 3 is 2.22 bits per heavy atom. The van der Waals surface area contributed by atoms with E-state index < -0.39 is 0 Å². The molecule has 0 aliphatic rings. The molecular formula is C7H15ClO. The van der Waals surface area contributed by atoms with E-state index in [0.717, 1.165) is 6.42 Å². The van der Waals surface area contributed by atoms with Crippen molar-refractivity contribution in [2.45, 2.75) is 26.4 Å². The summed E-state index contributed by atoms with van der Waals surface area (Å²) in [6, 6.07) is 0. The van der Waals surface area contributed by atoms with Crippen molar-refractivity contribution in [3.63, 3.8) is 0 Å². The SMILES string of the molecule is CCC(CCl)C(C)OC. The van der Waals surface area contributed by atoms with Crippen LogP contribution >= 0.6 is 11.6 Å². The Bertz CT molecular complexity index is 61.9. The van der Waals surface area contributed by atoms with E-state index in [0.29, 0.717) is 17.9 Å². The van der Waals surface area contributed by atoms with Crippen LogP contribution in [0.2, 0.25) is 0 Å². The zero-order valence-corrected chi connectivity index (χ0v) is 7.11. The zero-order chi connectivity index (χ0) is 7.28. The highest BCUT2D eigenvalue weighted by atomic mass is 35.5. The molecule has 0 spiro atoms. The van der Waals surface area contributed by atoms with Gasteiger partial charge in [-0.05, 0) is 19.3 Å². The number of methoxy groups -OCH3 is 1. The van der Waals surface area contributed by atoms with E-state index in [-0.39, 0.29) is 0 Å². The first-order valence-electron chi connectivity index (χ1n) is 3.35. The van der Waals surface area contributed by atoms with Crippen LogP contribution < -0.4 is 0 Å². The van der Waals surface area contributed by atoms with E-state index in [1.54, 1.807) is 7.11 Å². The molecule has 56 valence electrons. The molecule has 2 atom stereocenters. The van der Waals surface area contributed by atoms with Crippen molar-refractivity contribution in [2.75, 3.05) is 13.0 Å². The second-order valence-electron chi connectivity index (χ2n) is 2.26. The Labute approximate surface area is 62.3 Å². The van der Waals surface area contributed by atoms with Crippen molar-refractivity contribution < 1.29 is 4.74 Å². The van der Waals surface area contributed by atoms with Crippen LogP contribution in [0.1, 0.15) is 20.3 Å². The van der Waals surface area contributed by atoms with E-state index in [1.165, 1.54) is 0 Å². The van der Waals surface area contributed by atoms with E-state index in [2.05, 4.69) is 13.8 Å². The molecule has 1 nitrogen and oxygen atoms in total. The van der Waals surface area contributed by atoms with Gasteiger partial charge in [0.05, 0.1) is 6.10 Å². The van der Waals surface area contributed by atoms with Crippen LogP contribution in [-0.4, -0.2) is 19.1 Å². The van der Waals surface area contributed by atoms with Gasteiger partial charge in [-0.15, -0.1) is 11.6 Å². The van der Waals surface area contributed by atoms with Crippen LogP contribution in [0, 0.1) is 5.92 Å². The average molecular weight is 151 g/mol. The number of hydrogen-bond acceptors (Lipinski definition) is 1. The van der Waals surface area contributed by atoms with Crippen molar-refractivity contribution in [3.8, 4) is 0 Å². The lowest BCUT2D eigenvalue weighted by atomic mass is 10.0. The molecule has 0 aromatic carbocycles. The van der Waals surface area contributed by atoms with Gasteiger partial charge in [-0.1, -0.05) is 6.92 Å². The van der Waals surface area contributed by atoms with E-state index in [9.17, 15) is 0 Å². The van der Waals surface area contributed by atoms with Crippen LogP contribution in [0.15, 0.2) is 0 Å². The molecule has 0 aromatic rings. The van der Waals surface area contributed by atoms with E-state index in [4.69, 9.17) is 16.3 Å². The minimum atomic E-state index is 0.299. The van der Waals surface area contributed by atoms with Crippen LogP contribution in [0.3, 0.4) is 0 Å². The van der Waals surface area contributed by atoms with Crippen LogP contribution in [0.5, 0.6) is 0 Å². The maximum absolute atomic E-state index is 5.66. The molecule has 0 bridgehead atoms. The molecule has 0 saturated heterocycles. The van der Waals surface area contributed by atoms with Gasteiger partial charge in [-0.25, -0.2) is 0 Å². The summed E-state index contributed by atoms with van der Waals surface area (Å²) in [6.45, 7) is 4.18.